The number of aliphatic hydroxyl groups excluding tert-OH is 7. The average molecular weight is 1560 g/mol. The van der Waals surface area contributed by atoms with E-state index in [0.29, 0.717) is 164 Å². The normalized spacial score (nSPS) is 11.6. The van der Waals surface area contributed by atoms with Gasteiger partial charge in [-0.05, 0) is 150 Å². The Kier molecular flexibility index (Phi) is 84.2. The monoisotopic (exact) mass is 1560 g/mol. The van der Waals surface area contributed by atoms with Crippen molar-refractivity contribution >= 4 is 51.9 Å². The van der Waals surface area contributed by atoms with Crippen molar-refractivity contribution in [1.82, 2.24) is 5.32 Å². The van der Waals surface area contributed by atoms with Crippen molar-refractivity contribution in [3.63, 3.8) is 0 Å². The topological polar surface area (TPSA) is 436 Å². The molecule has 14 N–H and O–H groups in total. The maximum atomic E-state index is 12.5. The summed E-state index contributed by atoms with van der Waals surface area (Å²) in [5, 5.41) is 65.0. The van der Waals surface area contributed by atoms with E-state index in [1.165, 1.54) is 20.8 Å². The predicted octanol–water partition coefficient (Wildman–Crippen LogP) is 8.67. The number of nitrogen functional groups attached to an aromatic ring is 3. The fourth-order valence-electron chi connectivity index (χ4n) is 9.84. The molecule has 1 amide bonds. The number of carbonyl (C=O) groups excluding carboxylic acids is 6. The van der Waals surface area contributed by atoms with Gasteiger partial charge in [-0.15, -0.1) is 0 Å². The minimum absolute atomic E-state index is 0. The van der Waals surface area contributed by atoms with Gasteiger partial charge in [0.25, 0.3) is 0 Å². The Labute approximate surface area is 654 Å². The van der Waals surface area contributed by atoms with Crippen LogP contribution < -0.4 is 22.5 Å². The lowest BCUT2D eigenvalue weighted by Gasteiger charge is -2.21. The summed E-state index contributed by atoms with van der Waals surface area (Å²) in [4.78, 5) is 71.0. The summed E-state index contributed by atoms with van der Waals surface area (Å²) in [6.07, 6.45) is 9.05. The van der Waals surface area contributed by atoms with E-state index in [9.17, 15) is 28.8 Å². The van der Waals surface area contributed by atoms with Gasteiger partial charge in [0.1, 0.15) is 29.9 Å². The number of carbonyl (C=O) groups is 6. The molecule has 4 atom stereocenters. The number of ether oxygens (including phenoxy) is 11. The Hall–Kier alpha value is -5.84. The summed E-state index contributed by atoms with van der Waals surface area (Å²) in [7, 11) is 0. The quantitative estimate of drug-likeness (QED) is 0.0143. The molecule has 0 aliphatic carbocycles. The Morgan fingerprint density at radius 3 is 1.00 bits per heavy atom. The van der Waals surface area contributed by atoms with Crippen LogP contribution in [0.2, 0.25) is 0 Å². The summed E-state index contributed by atoms with van der Waals surface area (Å²) in [6.45, 7) is 10.7. The summed E-state index contributed by atoms with van der Waals surface area (Å²) in [5.74, 6) is 0.273. The van der Waals surface area contributed by atoms with E-state index in [0.717, 1.165) is 61.6 Å². The number of hydrogen-bond donors (Lipinski definition) is 11. The molecule has 0 aromatic heterocycles. The third-order valence-electron chi connectivity index (χ3n) is 15.3. The summed E-state index contributed by atoms with van der Waals surface area (Å²) in [5.41, 5.74) is 23.0. The van der Waals surface area contributed by atoms with Gasteiger partial charge in [0.15, 0.2) is 17.3 Å². The van der Waals surface area contributed by atoms with E-state index in [4.69, 9.17) is 105 Å². The molecule has 0 bridgehead atoms. The van der Waals surface area contributed by atoms with Crippen molar-refractivity contribution in [2.45, 2.75) is 194 Å². The van der Waals surface area contributed by atoms with E-state index in [1.54, 1.807) is 36.4 Å². The van der Waals surface area contributed by atoms with Crippen LogP contribution in [0.3, 0.4) is 0 Å². The third-order valence-corrected chi connectivity index (χ3v) is 15.3. The zero-order valence-corrected chi connectivity index (χ0v) is 60.7. The first-order chi connectivity index (χ1) is 49.4. The smallest absolute Gasteiger partial charge is 0.220 e. The van der Waals surface area contributed by atoms with Crippen molar-refractivity contribution in [3.8, 4) is 0 Å². The first kappa shape index (κ1) is 116. The van der Waals surface area contributed by atoms with Crippen molar-refractivity contribution in [2.24, 2.45) is 5.92 Å². The number of anilines is 3. The number of amides is 1. The fraction of sp³-hybridized carbons (Fsp3) is 0.704. The van der Waals surface area contributed by atoms with E-state index in [2.05, 4.69) is 5.32 Å². The first-order valence-corrected chi connectivity index (χ1v) is 35.6. The fourth-order valence-corrected chi connectivity index (χ4v) is 9.84. The molecule has 0 saturated heterocycles. The van der Waals surface area contributed by atoms with Gasteiger partial charge in [-0.1, -0.05) is 70.2 Å². The molecule has 0 aliphatic rings. The molecule has 3 aromatic carbocycles. The van der Waals surface area contributed by atoms with Gasteiger partial charge in [0.05, 0.1) is 132 Å². The summed E-state index contributed by atoms with van der Waals surface area (Å²) >= 11 is 0. The number of aryl methyl sites for hydroxylation is 3. The molecule has 0 fully saturated rings. The SMILES string of the molecule is C.C.C.C.C.C.C.CC(=O)c1cc(CCC(=O)CCCCOCC(CCCOCC(COCCO)OCCO)CCOCC(COCCO)OCCO)ccc1N.CC(=O)c1cc(CCC(=O)CCCCOCCO)ccc1N.CC(=O)c1cc(CCC(=O)NCCCOCC(COCCO)OCCO)ccc1N. The number of Topliss-reactive ketones (excluding diaryl/α,β-unsaturated/α-hetero) is 5. The number of benzene rings is 3. The maximum absolute atomic E-state index is 12.5. The number of rotatable bonds is 64. The number of aliphatic hydroxyl groups is 7. The average Bonchev–Trinajstić information content (AvgIpc) is 0.873. The van der Waals surface area contributed by atoms with Crippen LogP contribution in [0.1, 0.15) is 204 Å². The van der Waals surface area contributed by atoms with Crippen molar-refractivity contribution in [1.29, 1.82) is 0 Å². The number of hydrogen-bond acceptors (Lipinski definition) is 27. The van der Waals surface area contributed by atoms with Crippen LogP contribution in [0.4, 0.5) is 17.1 Å². The molecule has 0 saturated carbocycles. The van der Waals surface area contributed by atoms with Crippen molar-refractivity contribution in [2.75, 3.05) is 196 Å². The van der Waals surface area contributed by atoms with Gasteiger partial charge >= 0.3 is 0 Å². The van der Waals surface area contributed by atoms with E-state index in [1.807, 2.05) is 18.2 Å². The van der Waals surface area contributed by atoms with Gasteiger partial charge < -0.3 is 110 Å². The van der Waals surface area contributed by atoms with Crippen molar-refractivity contribution < 1.29 is 117 Å². The summed E-state index contributed by atoms with van der Waals surface area (Å²) < 4.78 is 60.9. The standard InChI is InChI=1S/C36H63NO13.C21H34N2O7.C17H25NO4.7CH4/c1-29(42)35-23-30(8-10-36(35)37)7-9-32(43)6-2-3-16-44-24-31(11-18-46-26-34(50-22-15-41)28-48-20-13-39)5-4-17-45-25-33(49-21-14-40)27-47-19-12-38;1-16(26)19-13-17(3-5-20(19)22)4-6-21(27)23-7-2-10-28-14-18(30-12-9-25)15-29-11-8-24;1-13(20)16-12-14(6-8-17(16)18)5-7-15(21)4-2-3-10-22-11-9-19;;;;;;;/h8,10,23,31,33-34,38-41H,2-7,9,11-22,24-28,37H2,1H3;3,5,13,18,24-25H,2,4,6-12,14-15,22H2,1H3,(H,23,27);6,8,12,19H,2-5,7,9-11,18H2,1H3;7*1H4. The maximum Gasteiger partial charge on any atom is 0.220 e. The second-order valence-electron chi connectivity index (χ2n) is 24.1. The Balaban J connectivity index is -0.000000302. The predicted molar refractivity (Wildman–Crippen MR) is 433 cm³/mol. The number of ketones is 5. The molecule has 638 valence electrons. The highest BCUT2D eigenvalue weighted by Gasteiger charge is 2.17. The van der Waals surface area contributed by atoms with Crippen LogP contribution in [0.25, 0.3) is 0 Å². The largest absolute Gasteiger partial charge is 0.398 e. The highest BCUT2D eigenvalue weighted by atomic mass is 16.6. The molecule has 3 rings (SSSR count). The van der Waals surface area contributed by atoms with E-state index in [-0.39, 0.29) is 217 Å². The van der Waals surface area contributed by atoms with Gasteiger partial charge in [-0.2, -0.15) is 0 Å². The van der Waals surface area contributed by atoms with Crippen LogP contribution in [0.15, 0.2) is 54.6 Å². The lowest BCUT2D eigenvalue weighted by molar-refractivity contribution is -0.121. The molecular formula is C81H150N4O24. The lowest BCUT2D eigenvalue weighted by atomic mass is 10.0. The molecule has 0 spiro atoms. The van der Waals surface area contributed by atoms with Crippen LogP contribution >= 0.6 is 0 Å². The second-order valence-corrected chi connectivity index (χ2v) is 24.1. The summed E-state index contributed by atoms with van der Waals surface area (Å²) in [6, 6.07) is 15.9. The second kappa shape index (κ2) is 78.8. The first-order valence-electron chi connectivity index (χ1n) is 35.6. The Morgan fingerprint density at radius 2 is 0.642 bits per heavy atom. The van der Waals surface area contributed by atoms with E-state index >= 15 is 0 Å². The molecule has 28 heteroatoms. The van der Waals surface area contributed by atoms with Gasteiger partial charge in [0.2, 0.25) is 5.91 Å². The minimum atomic E-state index is -0.355. The van der Waals surface area contributed by atoms with Gasteiger partial charge in [0, 0.05) is 112 Å². The van der Waals surface area contributed by atoms with Gasteiger partial charge in [-0.25, -0.2) is 0 Å². The van der Waals surface area contributed by atoms with Crippen LogP contribution in [-0.2, 0) is 85.8 Å². The molecule has 3 aromatic rings. The zero-order valence-electron chi connectivity index (χ0n) is 60.7. The molecule has 4 unspecified atom stereocenters. The molecule has 109 heavy (non-hydrogen) atoms. The molecule has 0 heterocycles. The van der Waals surface area contributed by atoms with Crippen molar-refractivity contribution in [3.05, 3.63) is 88.0 Å². The highest BCUT2D eigenvalue weighted by Crippen LogP contribution is 2.20. The molecule has 0 radical (unpaired) electrons. The van der Waals surface area contributed by atoms with Gasteiger partial charge in [-0.3, -0.25) is 28.8 Å². The van der Waals surface area contributed by atoms with Crippen LogP contribution in [0, 0.1) is 5.92 Å². The molecule has 28 nitrogen and oxygen atoms in total. The molecular weight excluding hydrogens is 1410 g/mol. The van der Waals surface area contributed by atoms with Crippen LogP contribution in [-0.4, -0.2) is 267 Å². The molecule has 0 aliphatic heterocycles. The number of nitrogens with two attached hydrogens (primary N) is 3. The number of unbranched alkanes of at least 4 members (excludes halogenated alkanes) is 2. The van der Waals surface area contributed by atoms with E-state index < -0.39 is 0 Å². The van der Waals surface area contributed by atoms with Crippen LogP contribution in [0.5, 0.6) is 0 Å². The number of nitrogens with one attached hydrogen (secondary N) is 1. The minimum Gasteiger partial charge on any atom is -0.398 e. The lowest BCUT2D eigenvalue weighted by Crippen LogP contribution is -2.29. The highest BCUT2D eigenvalue weighted by molar-refractivity contribution is 6.00. The Morgan fingerprint density at radius 1 is 0.339 bits per heavy atom. The Bertz CT molecular complexity index is 2680. The zero-order chi connectivity index (χ0) is 75.2. The third kappa shape index (κ3) is 62.4.